The average molecular weight is 199 g/mol. The van der Waals surface area contributed by atoms with Crippen LogP contribution in [0.1, 0.15) is 45.4 Å². The smallest absolute Gasteiger partial charge is 0.0465 e. The van der Waals surface area contributed by atoms with Crippen molar-refractivity contribution < 1.29 is 4.74 Å². The minimum Gasteiger partial charge on any atom is -0.385 e. The molecule has 2 nitrogen and oxygen atoms in total. The Morgan fingerprint density at radius 1 is 1.29 bits per heavy atom. The van der Waals surface area contributed by atoms with Crippen LogP contribution < -0.4 is 5.73 Å². The van der Waals surface area contributed by atoms with Crippen molar-refractivity contribution in [2.24, 2.45) is 17.6 Å². The fourth-order valence-electron chi connectivity index (χ4n) is 2.48. The number of nitrogens with two attached hydrogens (primary N) is 1. The maximum atomic E-state index is 6.28. The number of ether oxygens (including phenoxy) is 1. The Morgan fingerprint density at radius 2 is 1.93 bits per heavy atom. The summed E-state index contributed by atoms with van der Waals surface area (Å²) in [6, 6.07) is 0.394. The maximum absolute atomic E-state index is 6.28. The lowest BCUT2D eigenvalue weighted by Gasteiger charge is -2.31. The highest BCUT2D eigenvalue weighted by Crippen LogP contribution is 2.29. The van der Waals surface area contributed by atoms with E-state index in [9.17, 15) is 0 Å². The van der Waals surface area contributed by atoms with Crippen molar-refractivity contribution in [3.8, 4) is 0 Å². The number of rotatable bonds is 5. The molecule has 0 spiro atoms. The molecule has 0 aromatic rings. The molecule has 2 N–H and O–H groups in total. The van der Waals surface area contributed by atoms with E-state index in [1.807, 2.05) is 0 Å². The lowest BCUT2D eigenvalue weighted by molar-refractivity contribution is 0.159. The summed E-state index contributed by atoms with van der Waals surface area (Å²) in [5, 5.41) is 0. The van der Waals surface area contributed by atoms with E-state index in [-0.39, 0.29) is 0 Å². The van der Waals surface area contributed by atoms with E-state index in [4.69, 9.17) is 10.5 Å². The van der Waals surface area contributed by atoms with Gasteiger partial charge in [0, 0.05) is 19.8 Å². The zero-order valence-corrected chi connectivity index (χ0v) is 9.67. The molecule has 1 fully saturated rings. The lowest BCUT2D eigenvalue weighted by atomic mass is 9.79. The molecule has 0 aromatic carbocycles. The van der Waals surface area contributed by atoms with E-state index < -0.39 is 0 Å². The third-order valence-corrected chi connectivity index (χ3v) is 3.63. The van der Waals surface area contributed by atoms with Gasteiger partial charge in [-0.05, 0) is 31.1 Å². The average Bonchev–Trinajstić information content (AvgIpc) is 2.26. The van der Waals surface area contributed by atoms with Gasteiger partial charge >= 0.3 is 0 Å². The lowest BCUT2D eigenvalue weighted by Crippen LogP contribution is -2.37. The monoisotopic (exact) mass is 199 g/mol. The van der Waals surface area contributed by atoms with E-state index in [1.54, 1.807) is 7.11 Å². The van der Waals surface area contributed by atoms with Gasteiger partial charge < -0.3 is 10.5 Å². The van der Waals surface area contributed by atoms with Gasteiger partial charge in [0.15, 0.2) is 0 Å². The van der Waals surface area contributed by atoms with Gasteiger partial charge in [0.2, 0.25) is 0 Å². The Hall–Kier alpha value is -0.0800. The zero-order chi connectivity index (χ0) is 10.4. The van der Waals surface area contributed by atoms with Crippen molar-refractivity contribution in [2.45, 2.75) is 51.5 Å². The van der Waals surface area contributed by atoms with Gasteiger partial charge in [-0.1, -0.05) is 26.2 Å². The van der Waals surface area contributed by atoms with Crippen LogP contribution in [-0.2, 0) is 4.74 Å². The van der Waals surface area contributed by atoms with Crippen LogP contribution >= 0.6 is 0 Å². The maximum Gasteiger partial charge on any atom is 0.0465 e. The molecule has 0 amide bonds. The molecule has 1 rings (SSSR count). The summed E-state index contributed by atoms with van der Waals surface area (Å²) in [6.45, 7) is 3.11. The van der Waals surface area contributed by atoms with Crippen molar-refractivity contribution in [3.05, 3.63) is 0 Å². The molecule has 0 radical (unpaired) electrons. The van der Waals surface area contributed by atoms with Crippen molar-refractivity contribution in [1.82, 2.24) is 0 Å². The molecular weight excluding hydrogens is 174 g/mol. The fraction of sp³-hybridized carbons (Fsp3) is 1.00. The second kappa shape index (κ2) is 6.41. The molecule has 1 aliphatic rings. The molecule has 1 saturated carbocycles. The molecule has 14 heavy (non-hydrogen) atoms. The molecule has 0 saturated heterocycles. The first kappa shape index (κ1) is 12.0. The van der Waals surface area contributed by atoms with Crippen LogP contribution in [0.5, 0.6) is 0 Å². The minimum atomic E-state index is 0.394. The normalized spacial score (nSPS) is 23.4. The van der Waals surface area contributed by atoms with Crippen LogP contribution in [-0.4, -0.2) is 19.8 Å². The topological polar surface area (TPSA) is 35.2 Å². The minimum absolute atomic E-state index is 0.394. The van der Waals surface area contributed by atoms with E-state index in [0.29, 0.717) is 12.0 Å². The summed E-state index contributed by atoms with van der Waals surface area (Å²) in [5.41, 5.74) is 6.28. The Bertz CT molecular complexity index is 143. The van der Waals surface area contributed by atoms with Gasteiger partial charge in [0.25, 0.3) is 0 Å². The molecule has 0 bridgehead atoms. The Morgan fingerprint density at radius 3 is 2.50 bits per heavy atom. The highest BCUT2D eigenvalue weighted by Gasteiger charge is 2.24. The highest BCUT2D eigenvalue weighted by atomic mass is 16.5. The Kier molecular flexibility index (Phi) is 5.49. The molecule has 2 atom stereocenters. The van der Waals surface area contributed by atoms with Crippen LogP contribution in [0.15, 0.2) is 0 Å². The van der Waals surface area contributed by atoms with Gasteiger partial charge in [-0.3, -0.25) is 0 Å². The second-order valence-electron chi connectivity index (χ2n) is 4.73. The third kappa shape index (κ3) is 3.58. The number of hydrogen-bond donors (Lipinski definition) is 1. The predicted octanol–water partition coefficient (Wildman–Crippen LogP) is 2.57. The van der Waals surface area contributed by atoms with Gasteiger partial charge in [0.1, 0.15) is 0 Å². The largest absolute Gasteiger partial charge is 0.385 e. The highest BCUT2D eigenvalue weighted by molar-refractivity contribution is 4.80. The first-order valence-corrected chi connectivity index (χ1v) is 6.00. The summed E-state index contributed by atoms with van der Waals surface area (Å²) < 4.78 is 5.09. The fourth-order valence-corrected chi connectivity index (χ4v) is 2.48. The number of hydrogen-bond acceptors (Lipinski definition) is 2. The van der Waals surface area contributed by atoms with Crippen LogP contribution in [0.4, 0.5) is 0 Å². The summed E-state index contributed by atoms with van der Waals surface area (Å²) in [7, 11) is 1.76. The predicted molar refractivity (Wildman–Crippen MR) is 60.2 cm³/mol. The first-order chi connectivity index (χ1) is 6.75. The van der Waals surface area contributed by atoms with Crippen LogP contribution in [0, 0.1) is 11.8 Å². The number of methoxy groups -OCH3 is 1. The second-order valence-corrected chi connectivity index (χ2v) is 4.73. The first-order valence-electron chi connectivity index (χ1n) is 6.00. The van der Waals surface area contributed by atoms with Crippen LogP contribution in [0.2, 0.25) is 0 Å². The van der Waals surface area contributed by atoms with Gasteiger partial charge in [-0.25, -0.2) is 0 Å². The summed E-state index contributed by atoms with van der Waals surface area (Å²) in [4.78, 5) is 0. The summed E-state index contributed by atoms with van der Waals surface area (Å²) in [5.74, 6) is 1.38. The van der Waals surface area contributed by atoms with Crippen molar-refractivity contribution in [3.63, 3.8) is 0 Å². The van der Waals surface area contributed by atoms with E-state index in [0.717, 1.165) is 18.9 Å². The van der Waals surface area contributed by atoms with Gasteiger partial charge in [-0.2, -0.15) is 0 Å². The Labute approximate surface area is 88.2 Å². The quantitative estimate of drug-likeness (QED) is 0.738. The summed E-state index contributed by atoms with van der Waals surface area (Å²) in [6.07, 6.45) is 7.98. The molecule has 84 valence electrons. The van der Waals surface area contributed by atoms with Crippen molar-refractivity contribution in [2.75, 3.05) is 13.7 Å². The summed E-state index contributed by atoms with van der Waals surface area (Å²) >= 11 is 0. The van der Waals surface area contributed by atoms with E-state index in [2.05, 4.69) is 6.92 Å². The Balaban J connectivity index is 2.26. The van der Waals surface area contributed by atoms with Crippen LogP contribution in [0.3, 0.4) is 0 Å². The third-order valence-electron chi connectivity index (χ3n) is 3.63. The van der Waals surface area contributed by atoms with E-state index >= 15 is 0 Å². The SMILES string of the molecule is COCCC(C)C(N)C1CCCCC1. The standard InChI is InChI=1S/C12H25NO/c1-10(8-9-14-2)12(13)11-6-4-3-5-7-11/h10-12H,3-9,13H2,1-2H3. The van der Waals surface area contributed by atoms with Crippen molar-refractivity contribution >= 4 is 0 Å². The van der Waals surface area contributed by atoms with E-state index in [1.165, 1.54) is 32.1 Å². The van der Waals surface area contributed by atoms with Gasteiger partial charge in [-0.15, -0.1) is 0 Å². The molecular formula is C12H25NO. The van der Waals surface area contributed by atoms with Crippen LogP contribution in [0.25, 0.3) is 0 Å². The molecule has 2 unspecified atom stereocenters. The molecule has 1 aliphatic carbocycles. The molecule has 2 heteroatoms. The van der Waals surface area contributed by atoms with Crippen molar-refractivity contribution in [1.29, 1.82) is 0 Å². The molecule has 0 heterocycles. The van der Waals surface area contributed by atoms with Gasteiger partial charge in [0.05, 0.1) is 0 Å². The molecule has 0 aromatic heterocycles. The zero-order valence-electron chi connectivity index (χ0n) is 9.67. The molecule has 0 aliphatic heterocycles.